The molecule has 2 heterocycles. The summed E-state index contributed by atoms with van der Waals surface area (Å²) in [4.78, 5) is 11.3. The molecule has 6 heteroatoms. The number of hydrogen-bond acceptors (Lipinski definition) is 6. The molecule has 2 aromatic rings. The molecule has 0 radical (unpaired) electrons. The summed E-state index contributed by atoms with van der Waals surface area (Å²) in [6.45, 7) is 4.67. The van der Waals surface area contributed by atoms with Gasteiger partial charge in [-0.05, 0) is 25.0 Å². The monoisotopic (exact) mass is 317 g/mol. The van der Waals surface area contributed by atoms with Gasteiger partial charge in [0.1, 0.15) is 17.7 Å². The SMILES string of the molecule is CCCN(c1ncnc2c(OC)c(OC)ccc12)C1CCOC1. The lowest BCUT2D eigenvalue weighted by atomic mass is 10.1. The fraction of sp³-hybridized carbons (Fsp3) is 0.529. The molecule has 6 nitrogen and oxygen atoms in total. The summed E-state index contributed by atoms with van der Waals surface area (Å²) < 4.78 is 16.5. The van der Waals surface area contributed by atoms with E-state index in [1.54, 1.807) is 20.5 Å². The summed E-state index contributed by atoms with van der Waals surface area (Å²) in [7, 11) is 3.26. The van der Waals surface area contributed by atoms with Crippen molar-refractivity contribution in [1.29, 1.82) is 0 Å². The van der Waals surface area contributed by atoms with Gasteiger partial charge >= 0.3 is 0 Å². The molecule has 1 fully saturated rings. The zero-order chi connectivity index (χ0) is 16.2. The van der Waals surface area contributed by atoms with E-state index in [-0.39, 0.29) is 0 Å². The first-order valence-electron chi connectivity index (χ1n) is 8.00. The Morgan fingerprint density at radius 1 is 1.26 bits per heavy atom. The highest BCUT2D eigenvalue weighted by Crippen LogP contribution is 2.37. The number of methoxy groups -OCH3 is 2. The van der Waals surface area contributed by atoms with Crippen LogP contribution in [-0.2, 0) is 4.74 Å². The van der Waals surface area contributed by atoms with Crippen LogP contribution in [0.5, 0.6) is 11.5 Å². The minimum Gasteiger partial charge on any atom is -0.493 e. The third-order valence-corrected chi connectivity index (χ3v) is 4.21. The predicted molar refractivity (Wildman–Crippen MR) is 89.5 cm³/mol. The maximum absolute atomic E-state index is 5.57. The zero-order valence-electron chi connectivity index (χ0n) is 13.9. The number of aromatic nitrogens is 2. The van der Waals surface area contributed by atoms with Gasteiger partial charge in [-0.1, -0.05) is 6.92 Å². The number of hydrogen-bond donors (Lipinski definition) is 0. The molecule has 1 saturated heterocycles. The van der Waals surface area contributed by atoms with Crippen LogP contribution in [0.1, 0.15) is 19.8 Å². The van der Waals surface area contributed by atoms with Crippen molar-refractivity contribution in [3.8, 4) is 11.5 Å². The lowest BCUT2D eigenvalue weighted by molar-refractivity contribution is 0.193. The Kier molecular flexibility index (Phi) is 4.81. The number of ether oxygens (including phenoxy) is 3. The van der Waals surface area contributed by atoms with Crippen LogP contribution in [0.2, 0.25) is 0 Å². The molecule has 0 spiro atoms. The smallest absolute Gasteiger partial charge is 0.187 e. The Morgan fingerprint density at radius 3 is 2.78 bits per heavy atom. The van der Waals surface area contributed by atoms with Crippen molar-refractivity contribution in [2.24, 2.45) is 0 Å². The van der Waals surface area contributed by atoms with E-state index < -0.39 is 0 Å². The topological polar surface area (TPSA) is 56.7 Å². The number of rotatable bonds is 6. The molecule has 1 aliphatic heterocycles. The number of fused-ring (bicyclic) bond motifs is 1. The minimum absolute atomic E-state index is 0.362. The molecule has 1 aromatic carbocycles. The van der Waals surface area contributed by atoms with E-state index in [1.807, 2.05) is 12.1 Å². The number of benzene rings is 1. The highest BCUT2D eigenvalue weighted by molar-refractivity contribution is 5.95. The van der Waals surface area contributed by atoms with Gasteiger partial charge in [0.15, 0.2) is 11.5 Å². The molecular formula is C17H23N3O3. The van der Waals surface area contributed by atoms with Gasteiger partial charge in [0.05, 0.1) is 26.9 Å². The summed E-state index contributed by atoms with van der Waals surface area (Å²) in [6, 6.07) is 4.27. The van der Waals surface area contributed by atoms with Crippen molar-refractivity contribution in [2.45, 2.75) is 25.8 Å². The van der Waals surface area contributed by atoms with E-state index >= 15 is 0 Å². The molecule has 0 aliphatic carbocycles. The largest absolute Gasteiger partial charge is 0.493 e. The van der Waals surface area contributed by atoms with E-state index in [2.05, 4.69) is 21.8 Å². The van der Waals surface area contributed by atoms with E-state index in [0.29, 0.717) is 17.5 Å². The molecule has 1 atom stereocenters. The van der Waals surface area contributed by atoms with Crippen LogP contribution in [0.25, 0.3) is 10.9 Å². The van der Waals surface area contributed by atoms with E-state index in [9.17, 15) is 0 Å². The molecule has 124 valence electrons. The maximum Gasteiger partial charge on any atom is 0.187 e. The van der Waals surface area contributed by atoms with Crippen molar-refractivity contribution in [3.63, 3.8) is 0 Å². The van der Waals surface area contributed by atoms with Crippen molar-refractivity contribution < 1.29 is 14.2 Å². The van der Waals surface area contributed by atoms with Crippen LogP contribution in [0.3, 0.4) is 0 Å². The predicted octanol–water partition coefficient (Wildman–Crippen LogP) is 2.65. The first kappa shape index (κ1) is 15.8. The van der Waals surface area contributed by atoms with Gasteiger partial charge < -0.3 is 19.1 Å². The second-order valence-corrected chi connectivity index (χ2v) is 5.61. The highest BCUT2D eigenvalue weighted by Gasteiger charge is 2.26. The van der Waals surface area contributed by atoms with Gasteiger partial charge in [0.25, 0.3) is 0 Å². The summed E-state index contributed by atoms with van der Waals surface area (Å²) in [5.41, 5.74) is 0.775. The summed E-state index contributed by atoms with van der Waals surface area (Å²) >= 11 is 0. The third kappa shape index (κ3) is 2.91. The van der Waals surface area contributed by atoms with E-state index in [1.165, 1.54) is 0 Å². The second-order valence-electron chi connectivity index (χ2n) is 5.61. The molecule has 23 heavy (non-hydrogen) atoms. The highest BCUT2D eigenvalue weighted by atomic mass is 16.5. The molecule has 3 rings (SSSR count). The molecule has 0 bridgehead atoms. The van der Waals surface area contributed by atoms with Crippen molar-refractivity contribution in [2.75, 3.05) is 38.9 Å². The fourth-order valence-electron chi connectivity index (χ4n) is 3.13. The van der Waals surface area contributed by atoms with E-state index in [0.717, 1.165) is 49.3 Å². The van der Waals surface area contributed by atoms with Gasteiger partial charge in [-0.25, -0.2) is 9.97 Å². The molecule has 1 unspecified atom stereocenters. The van der Waals surface area contributed by atoms with Gasteiger partial charge in [-0.15, -0.1) is 0 Å². The quantitative estimate of drug-likeness (QED) is 0.816. The summed E-state index contributed by atoms with van der Waals surface area (Å²) in [5, 5.41) is 0.977. The molecule has 0 saturated carbocycles. The van der Waals surface area contributed by atoms with Crippen LogP contribution in [0.15, 0.2) is 18.5 Å². The fourth-order valence-corrected chi connectivity index (χ4v) is 3.13. The summed E-state index contributed by atoms with van der Waals surface area (Å²) in [6.07, 6.45) is 3.67. The summed E-state index contributed by atoms with van der Waals surface area (Å²) in [5.74, 6) is 2.26. The maximum atomic E-state index is 5.57. The Balaban J connectivity index is 2.12. The van der Waals surface area contributed by atoms with Crippen molar-refractivity contribution >= 4 is 16.7 Å². The van der Waals surface area contributed by atoms with Crippen LogP contribution >= 0.6 is 0 Å². The third-order valence-electron chi connectivity index (χ3n) is 4.21. The molecular weight excluding hydrogens is 294 g/mol. The van der Waals surface area contributed by atoms with E-state index in [4.69, 9.17) is 14.2 Å². The Bertz CT molecular complexity index is 671. The van der Waals surface area contributed by atoms with Gasteiger partial charge in [-0.3, -0.25) is 0 Å². The molecule has 1 aromatic heterocycles. The van der Waals surface area contributed by atoms with Gasteiger partial charge in [0.2, 0.25) is 0 Å². The van der Waals surface area contributed by atoms with Gasteiger partial charge in [-0.2, -0.15) is 0 Å². The van der Waals surface area contributed by atoms with Crippen molar-refractivity contribution in [3.05, 3.63) is 18.5 Å². The molecule has 0 N–H and O–H groups in total. The Morgan fingerprint density at radius 2 is 2.13 bits per heavy atom. The molecule has 0 amide bonds. The lowest BCUT2D eigenvalue weighted by Gasteiger charge is -2.29. The zero-order valence-corrected chi connectivity index (χ0v) is 13.9. The van der Waals surface area contributed by atoms with Crippen molar-refractivity contribution in [1.82, 2.24) is 9.97 Å². The minimum atomic E-state index is 0.362. The average molecular weight is 317 g/mol. The Labute approximate surface area is 136 Å². The van der Waals surface area contributed by atoms with Crippen LogP contribution < -0.4 is 14.4 Å². The average Bonchev–Trinajstić information content (AvgIpc) is 3.12. The van der Waals surface area contributed by atoms with Crippen LogP contribution in [0.4, 0.5) is 5.82 Å². The van der Waals surface area contributed by atoms with Crippen LogP contribution in [-0.4, -0.2) is 50.0 Å². The number of nitrogens with zero attached hydrogens (tertiary/aromatic N) is 3. The second kappa shape index (κ2) is 7.00. The molecule has 1 aliphatic rings. The van der Waals surface area contributed by atoms with Crippen LogP contribution in [0, 0.1) is 0 Å². The first-order valence-corrected chi connectivity index (χ1v) is 8.00. The first-order chi connectivity index (χ1) is 11.3. The van der Waals surface area contributed by atoms with Gasteiger partial charge in [0, 0.05) is 18.5 Å². The Hall–Kier alpha value is -2.08. The normalized spacial score (nSPS) is 17.4. The standard InChI is InChI=1S/C17H23N3O3/c1-4-8-20(12-7-9-23-10-12)17-13-5-6-14(21-2)16(22-3)15(13)18-11-19-17/h5-6,11-12H,4,7-10H2,1-3H3. The lowest BCUT2D eigenvalue weighted by Crippen LogP contribution is -2.37. The number of anilines is 1.